The van der Waals surface area contributed by atoms with Gasteiger partial charge in [-0.25, -0.2) is 4.57 Å². The lowest BCUT2D eigenvalue weighted by Gasteiger charge is -2.20. The molecule has 0 aliphatic rings. The average molecular weight is 734 g/mol. The molecule has 0 spiro atoms. The smallest absolute Gasteiger partial charge is 0.457 e. The van der Waals surface area contributed by atoms with Crippen molar-refractivity contribution >= 4 is 13.8 Å². The minimum Gasteiger partial charge on any atom is -0.457 e. The molecule has 9 heteroatoms. The van der Waals surface area contributed by atoms with Gasteiger partial charge in [-0.15, -0.1) is 0 Å². The second-order valence-corrected chi connectivity index (χ2v) is 16.0. The van der Waals surface area contributed by atoms with Gasteiger partial charge in [-0.1, -0.05) is 200 Å². The second-order valence-electron chi connectivity index (χ2n) is 14.6. The van der Waals surface area contributed by atoms with E-state index in [0.29, 0.717) is 13.0 Å². The van der Waals surface area contributed by atoms with Crippen LogP contribution in [0.1, 0.15) is 219 Å². The molecule has 0 rings (SSSR count). The van der Waals surface area contributed by atoms with E-state index in [2.05, 4.69) is 13.8 Å². The zero-order valence-corrected chi connectivity index (χ0v) is 34.1. The number of unbranched alkanes of at least 4 members (excludes halogenated alkanes) is 29. The molecular formula is C41H84NO7P. The van der Waals surface area contributed by atoms with Crippen LogP contribution in [0.2, 0.25) is 0 Å². The van der Waals surface area contributed by atoms with Gasteiger partial charge in [0.15, 0.2) is 0 Å². The maximum Gasteiger partial charge on any atom is 0.472 e. The van der Waals surface area contributed by atoms with Crippen LogP contribution in [0.15, 0.2) is 0 Å². The van der Waals surface area contributed by atoms with Gasteiger partial charge in [0, 0.05) is 19.6 Å². The first-order chi connectivity index (χ1) is 24.4. The quantitative estimate of drug-likeness (QED) is 0.0362. The van der Waals surface area contributed by atoms with Crippen LogP contribution in [-0.4, -0.2) is 49.9 Å². The second kappa shape index (κ2) is 39.7. The zero-order chi connectivity index (χ0) is 36.6. The topological polar surface area (TPSA) is 117 Å². The van der Waals surface area contributed by atoms with Crippen LogP contribution < -0.4 is 5.73 Å². The highest BCUT2D eigenvalue weighted by molar-refractivity contribution is 7.47. The largest absolute Gasteiger partial charge is 0.472 e. The van der Waals surface area contributed by atoms with Crippen molar-refractivity contribution in [3.8, 4) is 0 Å². The fourth-order valence-corrected chi connectivity index (χ4v) is 7.12. The van der Waals surface area contributed by atoms with Gasteiger partial charge in [0.1, 0.15) is 6.10 Å². The molecule has 0 amide bonds. The van der Waals surface area contributed by atoms with Crippen molar-refractivity contribution in [2.24, 2.45) is 5.73 Å². The summed E-state index contributed by atoms with van der Waals surface area (Å²) in [4.78, 5) is 22.4. The average Bonchev–Trinajstić information content (AvgIpc) is 3.10. The first kappa shape index (κ1) is 49.5. The normalized spacial score (nSPS) is 13.4. The highest BCUT2D eigenvalue weighted by Gasteiger charge is 2.25. The Morgan fingerprint density at radius 2 is 0.880 bits per heavy atom. The minimum atomic E-state index is -4.26. The molecule has 300 valence electrons. The number of ether oxygens (including phenoxy) is 2. The van der Waals surface area contributed by atoms with E-state index in [1.807, 2.05) is 0 Å². The van der Waals surface area contributed by atoms with Crippen LogP contribution in [0, 0.1) is 0 Å². The summed E-state index contributed by atoms with van der Waals surface area (Å²) in [5.74, 6) is -0.324. The van der Waals surface area contributed by atoms with Crippen LogP contribution in [0.25, 0.3) is 0 Å². The number of phosphoric acid groups is 1. The third-order valence-corrected chi connectivity index (χ3v) is 10.5. The highest BCUT2D eigenvalue weighted by atomic mass is 31.2. The predicted octanol–water partition coefficient (Wildman–Crippen LogP) is 12.5. The number of phosphoric ester groups is 1. The van der Waals surface area contributed by atoms with Gasteiger partial charge in [-0.2, -0.15) is 0 Å². The number of rotatable bonds is 42. The Morgan fingerprint density at radius 1 is 0.520 bits per heavy atom. The third-order valence-electron chi connectivity index (χ3n) is 9.52. The summed E-state index contributed by atoms with van der Waals surface area (Å²) in [6.07, 6.45) is 39.7. The summed E-state index contributed by atoms with van der Waals surface area (Å²) in [7, 11) is -4.26. The van der Waals surface area contributed by atoms with Gasteiger partial charge < -0.3 is 20.1 Å². The summed E-state index contributed by atoms with van der Waals surface area (Å²) in [6.45, 7) is 4.98. The van der Waals surface area contributed by atoms with Crippen molar-refractivity contribution in [1.29, 1.82) is 0 Å². The monoisotopic (exact) mass is 734 g/mol. The number of nitrogens with two attached hydrogens (primary N) is 1. The van der Waals surface area contributed by atoms with Crippen molar-refractivity contribution in [3.05, 3.63) is 0 Å². The fourth-order valence-electron chi connectivity index (χ4n) is 6.35. The van der Waals surface area contributed by atoms with E-state index in [0.717, 1.165) is 32.1 Å². The molecule has 0 aliphatic heterocycles. The van der Waals surface area contributed by atoms with E-state index < -0.39 is 13.9 Å². The first-order valence-corrected chi connectivity index (χ1v) is 23.0. The van der Waals surface area contributed by atoms with Crippen molar-refractivity contribution in [2.75, 3.05) is 33.0 Å². The first-order valence-electron chi connectivity index (χ1n) is 21.5. The van der Waals surface area contributed by atoms with Crippen LogP contribution in [0.5, 0.6) is 0 Å². The van der Waals surface area contributed by atoms with Crippen LogP contribution in [0.3, 0.4) is 0 Å². The maximum atomic E-state index is 12.6. The Kier molecular flexibility index (Phi) is 39.3. The number of hydrogen-bond acceptors (Lipinski definition) is 7. The van der Waals surface area contributed by atoms with Crippen LogP contribution in [0.4, 0.5) is 0 Å². The summed E-state index contributed by atoms with van der Waals surface area (Å²) < 4.78 is 33.4. The van der Waals surface area contributed by atoms with Gasteiger partial charge >= 0.3 is 13.8 Å². The molecule has 0 aliphatic carbocycles. The van der Waals surface area contributed by atoms with Crippen LogP contribution >= 0.6 is 7.82 Å². The molecule has 3 N–H and O–H groups in total. The van der Waals surface area contributed by atoms with E-state index in [1.165, 1.54) is 167 Å². The van der Waals surface area contributed by atoms with Gasteiger partial charge in [-0.05, 0) is 12.8 Å². The van der Waals surface area contributed by atoms with Crippen molar-refractivity contribution < 1.29 is 32.8 Å². The van der Waals surface area contributed by atoms with E-state index in [9.17, 15) is 14.3 Å². The molecule has 0 aromatic rings. The number of hydrogen-bond donors (Lipinski definition) is 2. The molecule has 0 aromatic heterocycles. The molecule has 1 unspecified atom stereocenters. The molecule has 2 atom stereocenters. The Hall–Kier alpha value is -0.500. The summed E-state index contributed by atoms with van der Waals surface area (Å²) in [6, 6.07) is 0. The molecule has 0 aromatic carbocycles. The minimum absolute atomic E-state index is 0.0902. The molecule has 0 bridgehead atoms. The number of esters is 1. The van der Waals surface area contributed by atoms with Crippen molar-refractivity contribution in [3.63, 3.8) is 0 Å². The van der Waals surface area contributed by atoms with Gasteiger partial charge in [0.25, 0.3) is 0 Å². The van der Waals surface area contributed by atoms with Gasteiger partial charge in [0.2, 0.25) is 0 Å². The number of carbonyl (C=O) groups is 1. The third kappa shape index (κ3) is 38.7. The fraction of sp³-hybridized carbons (Fsp3) is 0.976. The highest BCUT2D eigenvalue weighted by Crippen LogP contribution is 2.43. The molecule has 8 nitrogen and oxygen atoms in total. The molecule has 0 saturated heterocycles. The Morgan fingerprint density at radius 3 is 1.26 bits per heavy atom. The molecule has 0 radical (unpaired) electrons. The lowest BCUT2D eigenvalue weighted by Crippen LogP contribution is -2.28. The maximum absolute atomic E-state index is 12.6. The van der Waals surface area contributed by atoms with Crippen molar-refractivity contribution in [2.45, 2.75) is 225 Å². The van der Waals surface area contributed by atoms with Gasteiger partial charge in [0.05, 0.1) is 19.8 Å². The zero-order valence-electron chi connectivity index (χ0n) is 33.2. The van der Waals surface area contributed by atoms with E-state index in [-0.39, 0.29) is 32.3 Å². The van der Waals surface area contributed by atoms with Gasteiger partial charge in [-0.3, -0.25) is 13.8 Å². The Bertz CT molecular complexity index is 742. The standard InChI is InChI=1S/C41H84NO7P/c1-3-5-7-9-11-13-15-17-18-19-20-21-22-23-24-26-28-30-32-34-41(43)49-40(39-48-50(44,45)47-37-35-42)38-46-36-33-31-29-27-25-16-14-12-10-8-6-4-2/h40H,3-39,42H2,1-2H3,(H,44,45)/t40-/m1/s1. The van der Waals surface area contributed by atoms with E-state index in [1.54, 1.807) is 0 Å². The molecule has 0 heterocycles. The lowest BCUT2D eigenvalue weighted by atomic mass is 10.0. The number of carbonyl (C=O) groups excluding carboxylic acids is 1. The summed E-state index contributed by atoms with van der Waals surface area (Å²) in [5.41, 5.74) is 5.36. The lowest BCUT2D eigenvalue weighted by molar-refractivity contribution is -0.154. The summed E-state index contributed by atoms with van der Waals surface area (Å²) in [5, 5.41) is 0. The molecule has 50 heavy (non-hydrogen) atoms. The predicted molar refractivity (Wildman–Crippen MR) is 211 cm³/mol. The molecule has 0 fully saturated rings. The summed E-state index contributed by atoms with van der Waals surface area (Å²) >= 11 is 0. The SMILES string of the molecule is CCCCCCCCCCCCCCCCCCCCCC(=O)O[C@H](COCCCCCCCCCCCCCC)COP(=O)(O)OCCN. The Labute approximate surface area is 310 Å². The van der Waals surface area contributed by atoms with Crippen LogP contribution in [-0.2, 0) is 27.9 Å². The van der Waals surface area contributed by atoms with Crippen molar-refractivity contribution in [1.82, 2.24) is 0 Å². The Balaban J connectivity index is 3.95. The van der Waals surface area contributed by atoms with E-state index >= 15 is 0 Å². The molecule has 0 saturated carbocycles. The molecular weight excluding hydrogens is 649 g/mol. The van der Waals surface area contributed by atoms with E-state index in [4.69, 9.17) is 24.3 Å².